The Morgan fingerprint density at radius 2 is 1.83 bits per heavy atom. The Morgan fingerprint density at radius 1 is 1.17 bits per heavy atom. The fourth-order valence-corrected chi connectivity index (χ4v) is 4.81. The first-order valence-electron chi connectivity index (χ1n) is 7.83. The zero-order valence-electron chi connectivity index (χ0n) is 12.3. The minimum atomic E-state index is 0.437. The number of hydrogen-bond donors (Lipinski definition) is 1. The van der Waals surface area contributed by atoms with Gasteiger partial charge in [-0.2, -0.15) is 11.8 Å². The zero-order valence-corrected chi connectivity index (χ0v) is 13.1. The fraction of sp³-hybridized carbons (Fsp3) is 1.00. The van der Waals surface area contributed by atoms with Gasteiger partial charge in [0.15, 0.2) is 0 Å². The first-order valence-corrected chi connectivity index (χ1v) is 8.82. The molecule has 1 N–H and O–H groups in total. The lowest BCUT2D eigenvalue weighted by atomic mass is 9.80. The molecule has 0 aromatic carbocycles. The SMILES string of the molecule is CC(C)(C)SCCC1(CNC2CC2)CC2CC2C1. The second-order valence-electron chi connectivity index (χ2n) is 8.03. The molecule has 0 radical (unpaired) electrons. The maximum Gasteiger partial charge on any atom is 0.00750 e. The largest absolute Gasteiger partial charge is 0.313 e. The molecule has 1 nitrogen and oxygen atoms in total. The van der Waals surface area contributed by atoms with Gasteiger partial charge in [0.2, 0.25) is 0 Å². The van der Waals surface area contributed by atoms with E-state index in [0.717, 1.165) is 17.9 Å². The summed E-state index contributed by atoms with van der Waals surface area (Å²) in [4.78, 5) is 0. The third kappa shape index (κ3) is 3.45. The molecule has 0 saturated heterocycles. The van der Waals surface area contributed by atoms with Gasteiger partial charge in [-0.25, -0.2) is 0 Å². The summed E-state index contributed by atoms with van der Waals surface area (Å²) in [5.74, 6) is 3.59. The van der Waals surface area contributed by atoms with Crippen LogP contribution in [0.15, 0.2) is 0 Å². The predicted octanol–water partition coefficient (Wildman–Crippen LogP) is 4.08. The van der Waals surface area contributed by atoms with E-state index in [4.69, 9.17) is 0 Å². The second-order valence-corrected chi connectivity index (χ2v) is 9.95. The Morgan fingerprint density at radius 3 is 2.39 bits per heavy atom. The van der Waals surface area contributed by atoms with Crippen LogP contribution in [0, 0.1) is 17.3 Å². The number of fused-ring (bicyclic) bond motifs is 1. The van der Waals surface area contributed by atoms with Crippen molar-refractivity contribution >= 4 is 11.8 Å². The lowest BCUT2D eigenvalue weighted by Crippen LogP contribution is -2.35. The highest BCUT2D eigenvalue weighted by atomic mass is 32.2. The second kappa shape index (κ2) is 4.70. The van der Waals surface area contributed by atoms with Crippen LogP contribution in [0.1, 0.15) is 59.3 Å². The normalized spacial score (nSPS) is 38.8. The molecule has 0 heterocycles. The van der Waals surface area contributed by atoms with Gasteiger partial charge in [-0.15, -0.1) is 0 Å². The molecule has 2 atom stereocenters. The minimum Gasteiger partial charge on any atom is -0.313 e. The van der Waals surface area contributed by atoms with E-state index in [9.17, 15) is 0 Å². The standard InChI is InChI=1S/C16H29NS/c1-15(2,3)18-7-6-16(11-17-14-4-5-14)9-12-8-13(12)10-16/h12-14,17H,4-11H2,1-3H3. The monoisotopic (exact) mass is 267 g/mol. The Balaban J connectivity index is 1.49. The van der Waals surface area contributed by atoms with Gasteiger partial charge in [0.1, 0.15) is 0 Å². The summed E-state index contributed by atoms with van der Waals surface area (Å²) in [7, 11) is 0. The molecule has 3 fully saturated rings. The van der Waals surface area contributed by atoms with E-state index in [1.54, 1.807) is 6.42 Å². The van der Waals surface area contributed by atoms with Gasteiger partial charge in [0.25, 0.3) is 0 Å². The molecule has 3 rings (SSSR count). The fourth-order valence-electron chi connectivity index (χ4n) is 3.66. The molecule has 3 aliphatic rings. The summed E-state index contributed by atoms with van der Waals surface area (Å²) in [6, 6.07) is 0.883. The average Bonchev–Trinajstić information content (AvgIpc) is 3.15. The van der Waals surface area contributed by atoms with E-state index >= 15 is 0 Å². The van der Waals surface area contributed by atoms with Crippen molar-refractivity contribution in [3.8, 4) is 0 Å². The highest BCUT2D eigenvalue weighted by molar-refractivity contribution is 8.00. The van der Waals surface area contributed by atoms with Gasteiger partial charge >= 0.3 is 0 Å². The first kappa shape index (κ1) is 13.3. The first-order chi connectivity index (χ1) is 8.46. The van der Waals surface area contributed by atoms with Crippen LogP contribution < -0.4 is 5.32 Å². The maximum absolute atomic E-state index is 3.82. The van der Waals surface area contributed by atoms with E-state index in [0.29, 0.717) is 10.2 Å². The topological polar surface area (TPSA) is 12.0 Å². The van der Waals surface area contributed by atoms with E-state index in [-0.39, 0.29) is 0 Å². The molecule has 2 heteroatoms. The van der Waals surface area contributed by atoms with Crippen molar-refractivity contribution in [3.63, 3.8) is 0 Å². The molecule has 104 valence electrons. The van der Waals surface area contributed by atoms with E-state index in [1.807, 2.05) is 0 Å². The van der Waals surface area contributed by atoms with Crippen molar-refractivity contribution in [2.45, 2.75) is 70.1 Å². The molecular weight excluding hydrogens is 238 g/mol. The van der Waals surface area contributed by atoms with Crippen LogP contribution in [-0.2, 0) is 0 Å². The van der Waals surface area contributed by atoms with Gasteiger partial charge < -0.3 is 5.32 Å². The number of hydrogen-bond acceptors (Lipinski definition) is 2. The van der Waals surface area contributed by atoms with Crippen molar-refractivity contribution in [3.05, 3.63) is 0 Å². The van der Waals surface area contributed by atoms with Crippen LogP contribution >= 0.6 is 11.8 Å². The molecule has 0 bridgehead atoms. The Bertz CT molecular complexity index is 293. The van der Waals surface area contributed by atoms with Crippen LogP contribution in [0.5, 0.6) is 0 Å². The van der Waals surface area contributed by atoms with E-state index in [2.05, 4.69) is 37.8 Å². The van der Waals surface area contributed by atoms with Crippen molar-refractivity contribution < 1.29 is 0 Å². The number of rotatable bonds is 6. The lowest BCUT2D eigenvalue weighted by molar-refractivity contribution is 0.241. The number of thioether (sulfide) groups is 1. The summed E-state index contributed by atoms with van der Waals surface area (Å²) in [6.45, 7) is 8.35. The van der Waals surface area contributed by atoms with Crippen LogP contribution in [-0.4, -0.2) is 23.1 Å². The molecule has 18 heavy (non-hydrogen) atoms. The average molecular weight is 267 g/mol. The Hall–Kier alpha value is 0.310. The summed E-state index contributed by atoms with van der Waals surface area (Å²) in [6.07, 6.45) is 8.92. The molecule has 0 aromatic rings. The molecule has 0 aliphatic heterocycles. The summed E-state index contributed by atoms with van der Waals surface area (Å²) >= 11 is 2.16. The highest BCUT2D eigenvalue weighted by Crippen LogP contribution is 2.61. The van der Waals surface area contributed by atoms with Crippen LogP contribution in [0.4, 0.5) is 0 Å². The minimum absolute atomic E-state index is 0.437. The van der Waals surface area contributed by atoms with Crippen LogP contribution in [0.25, 0.3) is 0 Å². The van der Waals surface area contributed by atoms with Crippen molar-refractivity contribution in [2.24, 2.45) is 17.3 Å². The van der Waals surface area contributed by atoms with Gasteiger partial charge in [-0.05, 0) is 61.5 Å². The van der Waals surface area contributed by atoms with Crippen LogP contribution in [0.2, 0.25) is 0 Å². The van der Waals surface area contributed by atoms with Crippen LogP contribution in [0.3, 0.4) is 0 Å². The van der Waals surface area contributed by atoms with Crippen molar-refractivity contribution in [2.75, 3.05) is 12.3 Å². The number of nitrogens with one attached hydrogen (secondary N) is 1. The van der Waals surface area contributed by atoms with Gasteiger partial charge in [-0.3, -0.25) is 0 Å². The molecular formula is C16H29NS. The molecule has 2 unspecified atom stereocenters. The summed E-state index contributed by atoms with van der Waals surface area (Å²) < 4.78 is 0.437. The summed E-state index contributed by atoms with van der Waals surface area (Å²) in [5, 5.41) is 3.82. The Labute approximate surface area is 117 Å². The lowest BCUT2D eigenvalue weighted by Gasteiger charge is -2.32. The van der Waals surface area contributed by atoms with Gasteiger partial charge in [0, 0.05) is 17.3 Å². The molecule has 0 amide bonds. The molecule has 0 aromatic heterocycles. The van der Waals surface area contributed by atoms with Gasteiger partial charge in [0.05, 0.1) is 0 Å². The highest BCUT2D eigenvalue weighted by Gasteiger charge is 2.53. The third-order valence-electron chi connectivity index (χ3n) is 4.97. The Kier molecular flexibility index (Phi) is 3.47. The zero-order chi connectivity index (χ0) is 12.8. The van der Waals surface area contributed by atoms with E-state index < -0.39 is 0 Å². The van der Waals surface area contributed by atoms with Crippen molar-refractivity contribution in [1.29, 1.82) is 0 Å². The molecule has 0 spiro atoms. The smallest absolute Gasteiger partial charge is 0.00750 e. The quantitative estimate of drug-likeness (QED) is 0.778. The maximum atomic E-state index is 3.82. The van der Waals surface area contributed by atoms with E-state index in [1.165, 1.54) is 44.4 Å². The molecule has 3 aliphatic carbocycles. The third-order valence-corrected chi connectivity index (χ3v) is 6.24. The van der Waals surface area contributed by atoms with Crippen molar-refractivity contribution in [1.82, 2.24) is 5.32 Å². The molecule has 3 saturated carbocycles. The predicted molar refractivity (Wildman–Crippen MR) is 81.1 cm³/mol. The summed E-state index contributed by atoms with van der Waals surface area (Å²) in [5.41, 5.74) is 0.675. The van der Waals surface area contributed by atoms with Gasteiger partial charge in [-0.1, -0.05) is 20.8 Å².